The Labute approximate surface area is 205 Å². The number of aromatic nitrogens is 3. The number of rotatable bonds is 8. The molecule has 170 valence electrons. The number of para-hydroxylation sites is 1. The van der Waals surface area contributed by atoms with Crippen LogP contribution in [-0.4, -0.2) is 32.2 Å². The first kappa shape index (κ1) is 23.4. The van der Waals surface area contributed by atoms with Crippen molar-refractivity contribution in [3.05, 3.63) is 80.0 Å². The summed E-state index contributed by atoms with van der Waals surface area (Å²) in [6.07, 6.45) is 1.76. The molecular weight excluding hydrogens is 472 g/mol. The topological polar surface area (TPSA) is 79.8 Å². The van der Waals surface area contributed by atoms with E-state index in [0.717, 1.165) is 24.1 Å². The number of H-pyrrole nitrogens is 1. The minimum atomic E-state index is -0.248. The van der Waals surface area contributed by atoms with Gasteiger partial charge in [0.25, 0.3) is 5.56 Å². The summed E-state index contributed by atoms with van der Waals surface area (Å²) < 4.78 is 2.87. The fraction of sp³-hybridized carbons (Fsp3) is 0.250. The summed E-state index contributed by atoms with van der Waals surface area (Å²) in [6, 6.07) is 18.1. The van der Waals surface area contributed by atoms with E-state index in [1.165, 1.54) is 28.7 Å². The van der Waals surface area contributed by atoms with Crippen LogP contribution in [0.1, 0.15) is 24.5 Å². The van der Waals surface area contributed by atoms with Gasteiger partial charge in [-0.15, -0.1) is 0 Å². The first-order valence-corrected chi connectivity index (χ1v) is 12.8. The lowest BCUT2D eigenvalue weighted by Crippen LogP contribution is -2.34. The Balaban J connectivity index is 1.45. The summed E-state index contributed by atoms with van der Waals surface area (Å²) in [7, 11) is 0. The summed E-state index contributed by atoms with van der Waals surface area (Å²) in [5.41, 5.74) is 3.45. The molecule has 33 heavy (non-hydrogen) atoms. The Morgan fingerprint density at radius 3 is 2.70 bits per heavy atom. The minimum absolute atomic E-state index is 0.0515. The lowest BCUT2D eigenvalue weighted by atomic mass is 10.1. The van der Waals surface area contributed by atoms with Crippen LogP contribution in [0.3, 0.4) is 0 Å². The largest absolute Gasteiger partial charge is 0.353 e. The average Bonchev–Trinajstić information content (AvgIpc) is 3.14. The van der Waals surface area contributed by atoms with Gasteiger partial charge >= 0.3 is 0 Å². The van der Waals surface area contributed by atoms with Crippen LogP contribution >= 0.6 is 35.3 Å². The number of amides is 1. The number of carbonyl (C=O) groups excluding carboxylic acids is 1. The van der Waals surface area contributed by atoms with Gasteiger partial charge in [0.15, 0.2) is 14.8 Å². The van der Waals surface area contributed by atoms with E-state index in [4.69, 9.17) is 12.2 Å². The van der Waals surface area contributed by atoms with Crippen molar-refractivity contribution in [1.29, 1.82) is 0 Å². The summed E-state index contributed by atoms with van der Waals surface area (Å²) >= 11 is 7.98. The zero-order chi connectivity index (χ0) is 23.4. The van der Waals surface area contributed by atoms with Crippen molar-refractivity contribution in [3.63, 3.8) is 0 Å². The maximum absolute atomic E-state index is 12.7. The molecule has 4 rings (SSSR count). The molecule has 4 aromatic rings. The Morgan fingerprint density at radius 2 is 1.94 bits per heavy atom. The molecule has 0 bridgehead atoms. The number of thioether (sulfide) groups is 1. The van der Waals surface area contributed by atoms with Gasteiger partial charge in [0.1, 0.15) is 4.70 Å². The van der Waals surface area contributed by atoms with Crippen LogP contribution in [0, 0.1) is 10.9 Å². The normalized spacial score (nSPS) is 12.1. The van der Waals surface area contributed by atoms with E-state index in [1.54, 1.807) is 0 Å². The number of thiazole rings is 1. The van der Waals surface area contributed by atoms with Crippen LogP contribution < -0.4 is 10.9 Å². The van der Waals surface area contributed by atoms with Crippen molar-refractivity contribution in [1.82, 2.24) is 19.9 Å². The van der Waals surface area contributed by atoms with E-state index in [1.807, 2.05) is 60.9 Å². The second-order valence-corrected chi connectivity index (χ2v) is 10.4. The standard InChI is InChI=1S/C24H24N4O2S3/c1-15-8-6-7-11-18(15)28-21-20(33-24(28)31)22(30)27-23(26-21)32-14-19(29)25-16(2)12-13-17-9-4-3-5-10-17/h3-11,16H,12-14H2,1-2H3,(H,25,29)(H,26,27,30). The predicted octanol–water partition coefficient (Wildman–Crippen LogP) is 5.04. The van der Waals surface area contributed by atoms with Gasteiger partial charge in [-0.25, -0.2) is 4.98 Å². The summed E-state index contributed by atoms with van der Waals surface area (Å²) in [6.45, 7) is 3.99. The third-order valence-electron chi connectivity index (χ3n) is 5.23. The number of nitrogens with one attached hydrogen (secondary N) is 2. The Kier molecular flexibility index (Phi) is 7.42. The average molecular weight is 497 g/mol. The molecular formula is C24H24N4O2S3. The molecule has 0 saturated carbocycles. The maximum atomic E-state index is 12.7. The molecule has 0 radical (unpaired) electrons. The highest BCUT2D eigenvalue weighted by molar-refractivity contribution is 7.99. The number of aryl methyl sites for hydroxylation is 2. The van der Waals surface area contributed by atoms with E-state index in [0.29, 0.717) is 19.5 Å². The van der Waals surface area contributed by atoms with E-state index < -0.39 is 0 Å². The van der Waals surface area contributed by atoms with Crippen LogP contribution in [0.4, 0.5) is 0 Å². The van der Waals surface area contributed by atoms with Crippen LogP contribution in [0.15, 0.2) is 64.5 Å². The van der Waals surface area contributed by atoms with Gasteiger partial charge in [-0.2, -0.15) is 0 Å². The third kappa shape index (κ3) is 5.61. The highest BCUT2D eigenvalue weighted by atomic mass is 32.2. The molecule has 1 amide bonds. The zero-order valence-electron chi connectivity index (χ0n) is 18.3. The van der Waals surface area contributed by atoms with Gasteiger partial charge in [0, 0.05) is 6.04 Å². The van der Waals surface area contributed by atoms with Gasteiger partial charge < -0.3 is 10.3 Å². The quantitative estimate of drug-likeness (QED) is 0.203. The number of carbonyl (C=O) groups is 1. The molecule has 0 spiro atoms. The van der Waals surface area contributed by atoms with Crippen molar-refractivity contribution >= 4 is 51.6 Å². The van der Waals surface area contributed by atoms with Gasteiger partial charge in [0.2, 0.25) is 5.91 Å². The lowest BCUT2D eigenvalue weighted by molar-refractivity contribution is -0.119. The molecule has 0 saturated heterocycles. The van der Waals surface area contributed by atoms with E-state index in [2.05, 4.69) is 27.4 Å². The monoisotopic (exact) mass is 496 g/mol. The highest BCUT2D eigenvalue weighted by Gasteiger charge is 2.16. The molecule has 1 atom stereocenters. The van der Waals surface area contributed by atoms with Crippen molar-refractivity contribution in [3.8, 4) is 5.69 Å². The number of fused-ring (bicyclic) bond motifs is 1. The fourth-order valence-corrected chi connectivity index (χ4v) is 5.46. The maximum Gasteiger partial charge on any atom is 0.271 e. The number of hydrogen-bond acceptors (Lipinski definition) is 6. The zero-order valence-corrected chi connectivity index (χ0v) is 20.8. The van der Waals surface area contributed by atoms with E-state index in [9.17, 15) is 9.59 Å². The van der Waals surface area contributed by atoms with Crippen molar-refractivity contribution < 1.29 is 4.79 Å². The number of hydrogen-bond donors (Lipinski definition) is 2. The fourth-order valence-electron chi connectivity index (χ4n) is 3.54. The van der Waals surface area contributed by atoms with Crippen molar-refractivity contribution in [2.24, 2.45) is 0 Å². The van der Waals surface area contributed by atoms with E-state index in [-0.39, 0.29) is 23.3 Å². The van der Waals surface area contributed by atoms with Crippen molar-refractivity contribution in [2.75, 3.05) is 5.75 Å². The molecule has 2 aromatic heterocycles. The summed E-state index contributed by atoms with van der Waals surface area (Å²) in [4.78, 5) is 32.5. The SMILES string of the molecule is Cc1ccccc1-n1c(=S)sc2c(=O)[nH]c(SCC(=O)NC(C)CCc3ccccc3)nc21. The van der Waals surface area contributed by atoms with Crippen molar-refractivity contribution in [2.45, 2.75) is 37.9 Å². The van der Waals surface area contributed by atoms with Crippen LogP contribution in [0.2, 0.25) is 0 Å². The minimum Gasteiger partial charge on any atom is -0.353 e. The molecule has 6 nitrogen and oxygen atoms in total. The Hall–Kier alpha value is -2.75. The van der Waals surface area contributed by atoms with Gasteiger partial charge in [-0.3, -0.25) is 14.2 Å². The van der Waals surface area contributed by atoms with Gasteiger partial charge in [0.05, 0.1) is 11.4 Å². The molecule has 2 heterocycles. The predicted molar refractivity (Wildman–Crippen MR) is 138 cm³/mol. The lowest BCUT2D eigenvalue weighted by Gasteiger charge is -2.13. The molecule has 0 aliphatic carbocycles. The molecule has 0 aliphatic heterocycles. The molecule has 9 heteroatoms. The highest BCUT2D eigenvalue weighted by Crippen LogP contribution is 2.26. The Bertz CT molecular complexity index is 1390. The molecule has 0 fully saturated rings. The number of aromatic amines is 1. The summed E-state index contributed by atoms with van der Waals surface area (Å²) in [5, 5.41) is 3.42. The second-order valence-electron chi connectivity index (χ2n) is 7.80. The Morgan fingerprint density at radius 1 is 1.21 bits per heavy atom. The molecule has 0 aliphatic rings. The van der Waals surface area contributed by atoms with Gasteiger partial charge in [-0.05, 0) is 56.1 Å². The molecule has 2 aromatic carbocycles. The van der Waals surface area contributed by atoms with Crippen LogP contribution in [0.25, 0.3) is 16.0 Å². The van der Waals surface area contributed by atoms with Gasteiger partial charge in [-0.1, -0.05) is 71.6 Å². The van der Waals surface area contributed by atoms with Crippen LogP contribution in [0.5, 0.6) is 0 Å². The van der Waals surface area contributed by atoms with Crippen LogP contribution in [-0.2, 0) is 11.2 Å². The van der Waals surface area contributed by atoms with E-state index >= 15 is 0 Å². The second kappa shape index (κ2) is 10.5. The smallest absolute Gasteiger partial charge is 0.271 e. The number of benzene rings is 2. The first-order chi connectivity index (χ1) is 15.9. The number of nitrogens with zero attached hydrogens (tertiary/aromatic N) is 2. The molecule has 2 N–H and O–H groups in total. The molecule has 1 unspecified atom stereocenters. The summed E-state index contributed by atoms with van der Waals surface area (Å²) in [5.74, 6) is 0.0728. The first-order valence-electron chi connectivity index (χ1n) is 10.6. The third-order valence-corrected chi connectivity index (χ3v) is 7.47.